The fourth-order valence-corrected chi connectivity index (χ4v) is 3.34. The maximum Gasteiger partial charge on any atom is 0.243 e. The van der Waals surface area contributed by atoms with Crippen LogP contribution >= 0.6 is 23.7 Å². The smallest absolute Gasteiger partial charge is 0.243 e. The van der Waals surface area contributed by atoms with Gasteiger partial charge in [-0.25, -0.2) is 4.98 Å². The van der Waals surface area contributed by atoms with Gasteiger partial charge in [-0.2, -0.15) is 0 Å². The second-order valence-electron chi connectivity index (χ2n) is 5.24. The van der Waals surface area contributed by atoms with Gasteiger partial charge in [-0.3, -0.25) is 4.79 Å². The van der Waals surface area contributed by atoms with Gasteiger partial charge in [0.25, 0.3) is 0 Å². The van der Waals surface area contributed by atoms with E-state index in [1.807, 2.05) is 23.6 Å². The van der Waals surface area contributed by atoms with Crippen LogP contribution in [0, 0.1) is 0 Å². The lowest BCUT2D eigenvalue weighted by molar-refractivity contribution is -0.117. The normalized spacial score (nSPS) is 18.5. The molecule has 2 aliphatic heterocycles. The number of carbonyl (C=O) groups excluding carboxylic acids is 1. The minimum Gasteiger partial charge on any atom is -0.454 e. The first-order chi connectivity index (χ1) is 10.8. The van der Waals surface area contributed by atoms with Gasteiger partial charge < -0.3 is 20.1 Å². The summed E-state index contributed by atoms with van der Waals surface area (Å²) in [4.78, 5) is 16.6. The molecule has 23 heavy (non-hydrogen) atoms. The number of hydrogen-bond donors (Lipinski definition) is 2. The van der Waals surface area contributed by atoms with Crippen molar-refractivity contribution in [3.05, 3.63) is 23.6 Å². The first-order valence-electron chi connectivity index (χ1n) is 7.19. The standard InChI is InChI=1S/C15H15N3O3S.ClH/c19-14(10-2-1-5-16-10)18-15-17-11(7-22-15)9-3-4-12-13(6-9)21-8-20-12;/h3-4,6-7,10,16H,1-2,5,8H2,(H,17,18,19);1H. The summed E-state index contributed by atoms with van der Waals surface area (Å²) in [5.74, 6) is 1.47. The van der Waals surface area contributed by atoms with Gasteiger partial charge in [0.1, 0.15) is 0 Å². The van der Waals surface area contributed by atoms with E-state index in [9.17, 15) is 4.79 Å². The number of aromatic nitrogens is 1. The molecule has 1 aromatic carbocycles. The number of nitrogens with zero attached hydrogens (tertiary/aromatic N) is 1. The molecule has 1 aromatic heterocycles. The van der Waals surface area contributed by atoms with E-state index in [4.69, 9.17) is 9.47 Å². The van der Waals surface area contributed by atoms with E-state index in [0.29, 0.717) is 5.13 Å². The number of carbonyl (C=O) groups is 1. The molecule has 122 valence electrons. The summed E-state index contributed by atoms with van der Waals surface area (Å²) in [6.07, 6.45) is 1.92. The predicted molar refractivity (Wildman–Crippen MR) is 90.6 cm³/mol. The highest BCUT2D eigenvalue weighted by Crippen LogP contribution is 2.36. The van der Waals surface area contributed by atoms with Crippen molar-refractivity contribution in [3.63, 3.8) is 0 Å². The van der Waals surface area contributed by atoms with Crippen LogP contribution in [0.25, 0.3) is 11.3 Å². The predicted octanol–water partition coefficient (Wildman–Crippen LogP) is 2.65. The lowest BCUT2D eigenvalue weighted by atomic mass is 10.1. The number of halogens is 1. The number of benzene rings is 1. The Hall–Kier alpha value is -1.83. The first kappa shape index (κ1) is 16.0. The lowest BCUT2D eigenvalue weighted by Crippen LogP contribution is -2.35. The molecule has 0 bridgehead atoms. The van der Waals surface area contributed by atoms with Gasteiger partial charge in [0.2, 0.25) is 12.7 Å². The summed E-state index contributed by atoms with van der Waals surface area (Å²) in [5, 5.41) is 8.60. The molecule has 1 atom stereocenters. The van der Waals surface area contributed by atoms with E-state index in [-0.39, 0.29) is 31.1 Å². The van der Waals surface area contributed by atoms with E-state index in [0.717, 1.165) is 42.1 Å². The number of amides is 1. The Bertz CT molecular complexity index is 716. The van der Waals surface area contributed by atoms with Crippen molar-refractivity contribution in [1.29, 1.82) is 0 Å². The average Bonchev–Trinajstić information content (AvgIpc) is 3.27. The molecule has 6 nitrogen and oxygen atoms in total. The Morgan fingerprint density at radius 3 is 3.04 bits per heavy atom. The van der Waals surface area contributed by atoms with E-state index >= 15 is 0 Å². The Labute approximate surface area is 143 Å². The summed E-state index contributed by atoms with van der Waals surface area (Å²) in [6, 6.07) is 5.62. The number of nitrogens with one attached hydrogen (secondary N) is 2. The van der Waals surface area contributed by atoms with Crippen LogP contribution in [0.2, 0.25) is 0 Å². The summed E-state index contributed by atoms with van der Waals surface area (Å²) in [7, 11) is 0. The van der Waals surface area contributed by atoms with Crippen LogP contribution in [-0.4, -0.2) is 30.3 Å². The van der Waals surface area contributed by atoms with Crippen LogP contribution in [0.15, 0.2) is 23.6 Å². The zero-order chi connectivity index (χ0) is 14.9. The molecule has 2 aliphatic rings. The maximum atomic E-state index is 12.1. The topological polar surface area (TPSA) is 72.5 Å². The molecule has 8 heteroatoms. The fraction of sp³-hybridized carbons (Fsp3) is 0.333. The van der Waals surface area contributed by atoms with E-state index < -0.39 is 0 Å². The highest BCUT2D eigenvalue weighted by Gasteiger charge is 2.23. The van der Waals surface area contributed by atoms with Crippen LogP contribution in [0.4, 0.5) is 5.13 Å². The number of thiazole rings is 1. The SMILES string of the molecule is Cl.O=C(Nc1nc(-c2ccc3c(c2)OCO3)cs1)C1CCCN1. The van der Waals surface area contributed by atoms with Crippen LogP contribution in [-0.2, 0) is 4.79 Å². The molecule has 2 N–H and O–H groups in total. The summed E-state index contributed by atoms with van der Waals surface area (Å²) < 4.78 is 10.7. The van der Waals surface area contributed by atoms with E-state index in [1.54, 1.807) is 0 Å². The number of ether oxygens (including phenoxy) is 2. The lowest BCUT2D eigenvalue weighted by Gasteiger charge is -2.08. The summed E-state index contributed by atoms with van der Waals surface area (Å²) in [5.41, 5.74) is 1.76. The van der Waals surface area contributed by atoms with Gasteiger partial charge in [-0.15, -0.1) is 23.7 Å². The highest BCUT2D eigenvalue weighted by atomic mass is 35.5. The van der Waals surface area contributed by atoms with Crippen molar-refractivity contribution in [3.8, 4) is 22.8 Å². The molecule has 1 amide bonds. The average molecular weight is 354 g/mol. The van der Waals surface area contributed by atoms with Gasteiger partial charge in [-0.1, -0.05) is 0 Å². The Balaban J connectivity index is 0.00000156. The number of anilines is 1. The van der Waals surface area contributed by atoms with Crippen LogP contribution in [0.5, 0.6) is 11.5 Å². The van der Waals surface area contributed by atoms with Crippen molar-refractivity contribution in [2.75, 3.05) is 18.7 Å². The molecule has 0 aliphatic carbocycles. The molecule has 0 saturated carbocycles. The third-order valence-corrected chi connectivity index (χ3v) is 4.54. The zero-order valence-electron chi connectivity index (χ0n) is 12.2. The monoisotopic (exact) mass is 353 g/mol. The minimum atomic E-state index is -0.0992. The summed E-state index contributed by atoms with van der Waals surface area (Å²) in [6.45, 7) is 1.16. The number of fused-ring (bicyclic) bond motifs is 1. The Morgan fingerprint density at radius 1 is 1.35 bits per heavy atom. The van der Waals surface area contributed by atoms with Crippen molar-refractivity contribution in [2.24, 2.45) is 0 Å². The number of rotatable bonds is 3. The van der Waals surface area contributed by atoms with Crippen LogP contribution in [0.3, 0.4) is 0 Å². The molecule has 1 fully saturated rings. The van der Waals surface area contributed by atoms with Crippen molar-refractivity contribution < 1.29 is 14.3 Å². The molecule has 1 unspecified atom stereocenters. The molecule has 0 spiro atoms. The van der Waals surface area contributed by atoms with Crippen molar-refractivity contribution >= 4 is 34.8 Å². The molecule has 4 rings (SSSR count). The van der Waals surface area contributed by atoms with Crippen molar-refractivity contribution in [1.82, 2.24) is 10.3 Å². The van der Waals surface area contributed by atoms with Gasteiger partial charge in [0.15, 0.2) is 16.6 Å². The van der Waals surface area contributed by atoms with Gasteiger partial charge in [-0.05, 0) is 37.6 Å². The second-order valence-corrected chi connectivity index (χ2v) is 6.10. The fourth-order valence-electron chi connectivity index (χ4n) is 2.62. The third-order valence-electron chi connectivity index (χ3n) is 3.78. The molecular formula is C15H16ClN3O3S. The van der Waals surface area contributed by atoms with Crippen LogP contribution in [0.1, 0.15) is 12.8 Å². The van der Waals surface area contributed by atoms with E-state index in [2.05, 4.69) is 15.6 Å². The second kappa shape index (κ2) is 6.74. The summed E-state index contributed by atoms with van der Waals surface area (Å²) >= 11 is 1.42. The number of hydrogen-bond acceptors (Lipinski definition) is 6. The molecular weight excluding hydrogens is 338 g/mol. The first-order valence-corrected chi connectivity index (χ1v) is 8.07. The van der Waals surface area contributed by atoms with Gasteiger partial charge in [0.05, 0.1) is 11.7 Å². The minimum absolute atomic E-state index is 0. The quantitative estimate of drug-likeness (QED) is 0.887. The van der Waals surface area contributed by atoms with E-state index in [1.165, 1.54) is 11.3 Å². The molecule has 0 radical (unpaired) electrons. The maximum absolute atomic E-state index is 12.1. The largest absolute Gasteiger partial charge is 0.454 e. The molecule has 2 aromatic rings. The van der Waals surface area contributed by atoms with Crippen molar-refractivity contribution in [2.45, 2.75) is 18.9 Å². The van der Waals surface area contributed by atoms with Gasteiger partial charge >= 0.3 is 0 Å². The Kier molecular flexibility index (Phi) is 4.70. The van der Waals surface area contributed by atoms with Gasteiger partial charge in [0, 0.05) is 10.9 Å². The molecule has 1 saturated heterocycles. The third kappa shape index (κ3) is 3.26. The van der Waals surface area contributed by atoms with Crippen LogP contribution < -0.4 is 20.1 Å². The highest BCUT2D eigenvalue weighted by molar-refractivity contribution is 7.14. The zero-order valence-corrected chi connectivity index (χ0v) is 13.8. The Morgan fingerprint density at radius 2 is 2.22 bits per heavy atom. The molecule has 3 heterocycles.